The van der Waals surface area contributed by atoms with Gasteiger partial charge in [0.15, 0.2) is 0 Å². The zero-order valence-electron chi connectivity index (χ0n) is 29.4. The summed E-state index contributed by atoms with van der Waals surface area (Å²) in [7, 11) is 0. The van der Waals surface area contributed by atoms with Crippen molar-refractivity contribution in [2.24, 2.45) is 17.8 Å². The lowest BCUT2D eigenvalue weighted by Gasteiger charge is -2.39. The van der Waals surface area contributed by atoms with Gasteiger partial charge in [-0.3, -0.25) is 0 Å². The van der Waals surface area contributed by atoms with Crippen LogP contribution < -0.4 is 4.90 Å². The van der Waals surface area contributed by atoms with Crippen LogP contribution in [-0.4, -0.2) is 0 Å². The second kappa shape index (κ2) is 12.4. The van der Waals surface area contributed by atoms with Crippen LogP contribution in [0.5, 0.6) is 0 Å². The lowest BCUT2D eigenvalue weighted by atomic mass is 9.65. The van der Waals surface area contributed by atoms with Crippen LogP contribution >= 0.6 is 0 Å². The molecule has 4 atom stereocenters. The minimum atomic E-state index is -0.0832. The maximum atomic E-state index is 2.70. The van der Waals surface area contributed by atoms with Crippen molar-refractivity contribution in [3.63, 3.8) is 0 Å². The Morgan fingerprint density at radius 1 is 0.640 bits per heavy atom. The van der Waals surface area contributed by atoms with Gasteiger partial charge in [0.2, 0.25) is 0 Å². The Hall–Kier alpha value is -4.36. The first-order chi connectivity index (χ1) is 24.8. The van der Waals surface area contributed by atoms with E-state index in [1.54, 1.807) is 39.0 Å². The van der Waals surface area contributed by atoms with Crippen LogP contribution in [0.3, 0.4) is 0 Å². The minimum Gasteiger partial charge on any atom is -0.314 e. The van der Waals surface area contributed by atoms with Crippen molar-refractivity contribution in [2.75, 3.05) is 4.90 Å². The number of anilines is 1. The molecule has 0 N–H and O–H groups in total. The topological polar surface area (TPSA) is 3.24 Å². The molecule has 9 aliphatic carbocycles. The van der Waals surface area contributed by atoms with Gasteiger partial charge in [0.1, 0.15) is 0 Å². The maximum absolute atomic E-state index is 2.70. The number of hydrogen-bond donors (Lipinski definition) is 0. The molecule has 1 nitrogen and oxygen atoms in total. The van der Waals surface area contributed by atoms with E-state index in [9.17, 15) is 0 Å². The summed E-state index contributed by atoms with van der Waals surface area (Å²) in [6, 6.07) is 7.73. The molecule has 4 unspecified atom stereocenters. The molecular weight excluding hydrogens is 603 g/mol. The lowest BCUT2D eigenvalue weighted by molar-refractivity contribution is 0.465. The first kappa shape index (κ1) is 30.5. The quantitative estimate of drug-likeness (QED) is 0.306. The molecule has 0 fully saturated rings. The summed E-state index contributed by atoms with van der Waals surface area (Å²) in [4.78, 5) is 2.70. The van der Waals surface area contributed by atoms with Gasteiger partial charge in [0, 0.05) is 23.0 Å². The molecule has 50 heavy (non-hydrogen) atoms. The number of rotatable bonds is 5. The third-order valence-corrected chi connectivity index (χ3v) is 13.2. The fourth-order valence-electron chi connectivity index (χ4n) is 11.0. The van der Waals surface area contributed by atoms with Gasteiger partial charge >= 0.3 is 0 Å². The van der Waals surface area contributed by atoms with Crippen LogP contribution in [0.25, 0.3) is 5.57 Å². The summed E-state index contributed by atoms with van der Waals surface area (Å²) >= 11 is 0. The zero-order valence-corrected chi connectivity index (χ0v) is 29.4. The van der Waals surface area contributed by atoms with Crippen molar-refractivity contribution < 1.29 is 0 Å². The molecule has 1 heteroatoms. The smallest absolute Gasteiger partial charge is 0.0678 e. The van der Waals surface area contributed by atoms with Gasteiger partial charge in [-0.25, -0.2) is 0 Å². The predicted octanol–water partition coefficient (Wildman–Crippen LogP) is 12.7. The first-order valence-electron chi connectivity index (χ1n) is 19.7. The number of nitrogens with zero attached hydrogens (tertiary/aromatic N) is 1. The molecule has 1 spiro atoms. The molecule has 0 heterocycles. The Morgan fingerprint density at radius 3 is 2.26 bits per heavy atom. The van der Waals surface area contributed by atoms with Crippen LogP contribution in [0.4, 0.5) is 5.69 Å². The Morgan fingerprint density at radius 2 is 1.42 bits per heavy atom. The van der Waals surface area contributed by atoms with Crippen molar-refractivity contribution in [2.45, 2.75) is 88.9 Å². The minimum absolute atomic E-state index is 0.0832. The average molecular weight is 652 g/mol. The van der Waals surface area contributed by atoms with Crippen molar-refractivity contribution in [1.29, 1.82) is 0 Å². The van der Waals surface area contributed by atoms with E-state index in [0.717, 1.165) is 44.9 Å². The maximum Gasteiger partial charge on any atom is 0.0678 e. The zero-order chi connectivity index (χ0) is 33.1. The molecule has 0 amide bonds. The molecule has 0 aromatic heterocycles. The standard InChI is InChI=1S/C49H49N/c1-3-16-34(17-4-1)36-20-15-21-37(32-36)50(48-29-14-10-22-39(48)35-18-5-2-6-19-35)38-30-31-47-43(33-38)42-25-9-13-28-46(42)49(47)44-26-11-7-23-40(44)41-24-8-12-27-45(41)49/h1-6,11,13,15-16,18,20-22,26,28-31,33-36H,7-10,12,14,17,19,23-25,27,32H2. The van der Waals surface area contributed by atoms with Crippen LogP contribution in [0.15, 0.2) is 166 Å². The molecule has 1 aromatic carbocycles. The average Bonchev–Trinajstić information content (AvgIpc) is 3.66. The van der Waals surface area contributed by atoms with Gasteiger partial charge in [-0.1, -0.05) is 103 Å². The van der Waals surface area contributed by atoms with Crippen molar-refractivity contribution in [3.05, 3.63) is 177 Å². The molecule has 0 bridgehead atoms. The summed E-state index contributed by atoms with van der Waals surface area (Å²) in [6.07, 6.45) is 56.2. The van der Waals surface area contributed by atoms with Gasteiger partial charge in [0.25, 0.3) is 0 Å². The fraction of sp³-hybridized carbons (Fsp3) is 0.347. The predicted molar refractivity (Wildman–Crippen MR) is 210 cm³/mol. The Labute approximate surface area is 299 Å². The van der Waals surface area contributed by atoms with Crippen LogP contribution in [-0.2, 0) is 5.41 Å². The number of benzene rings is 1. The summed E-state index contributed by atoms with van der Waals surface area (Å²) in [6.45, 7) is 0. The number of fused-ring (bicyclic) bond motifs is 7. The Bertz CT molecular complexity index is 2050. The van der Waals surface area contributed by atoms with Gasteiger partial charge in [-0.15, -0.1) is 0 Å². The highest BCUT2D eigenvalue weighted by molar-refractivity contribution is 5.92. The summed E-state index contributed by atoms with van der Waals surface area (Å²) < 4.78 is 0. The van der Waals surface area contributed by atoms with E-state index in [4.69, 9.17) is 0 Å². The van der Waals surface area contributed by atoms with Crippen LogP contribution in [0.1, 0.15) is 94.6 Å². The normalized spacial score (nSPS) is 30.4. The van der Waals surface area contributed by atoms with Crippen LogP contribution in [0.2, 0.25) is 0 Å². The second-order valence-electron chi connectivity index (χ2n) is 15.8. The first-order valence-corrected chi connectivity index (χ1v) is 19.7. The largest absolute Gasteiger partial charge is 0.314 e. The van der Waals surface area contributed by atoms with Gasteiger partial charge in [0.05, 0.1) is 5.41 Å². The van der Waals surface area contributed by atoms with E-state index in [-0.39, 0.29) is 5.41 Å². The van der Waals surface area contributed by atoms with Crippen molar-refractivity contribution in [3.8, 4) is 0 Å². The highest BCUT2D eigenvalue weighted by Crippen LogP contribution is 2.65. The third kappa shape index (κ3) is 4.65. The molecular formula is C49H49N. The SMILES string of the molecule is C1=CCC(C2=CCCC=C2N(C2=CC=CC(C3C=CC=CC3)C2)c2ccc3c(c2)C2=C(C=CCC2)C32C3=C(CCC=C3)C3=C2CCCC3)C=C1. The summed E-state index contributed by atoms with van der Waals surface area (Å²) in [5, 5.41) is 0. The highest BCUT2D eigenvalue weighted by Gasteiger charge is 2.54. The third-order valence-electron chi connectivity index (χ3n) is 13.2. The van der Waals surface area contributed by atoms with Crippen molar-refractivity contribution >= 4 is 11.3 Å². The van der Waals surface area contributed by atoms with E-state index >= 15 is 0 Å². The summed E-state index contributed by atoms with van der Waals surface area (Å²) in [5.74, 6) is 1.48. The molecule has 10 rings (SSSR count). The van der Waals surface area contributed by atoms with E-state index in [2.05, 4.69) is 126 Å². The number of allylic oxidation sites excluding steroid dienone is 25. The molecule has 250 valence electrons. The van der Waals surface area contributed by atoms with E-state index in [1.807, 2.05) is 0 Å². The molecule has 0 saturated carbocycles. The van der Waals surface area contributed by atoms with Gasteiger partial charge in [-0.05, 0) is 164 Å². The number of hydrogen-bond acceptors (Lipinski definition) is 1. The molecule has 1 aromatic rings. The summed E-state index contributed by atoms with van der Waals surface area (Å²) in [5.41, 5.74) is 18.7. The Kier molecular flexibility index (Phi) is 7.58. The molecule has 0 aliphatic heterocycles. The van der Waals surface area contributed by atoms with Gasteiger partial charge < -0.3 is 4.90 Å². The van der Waals surface area contributed by atoms with Crippen molar-refractivity contribution in [1.82, 2.24) is 0 Å². The van der Waals surface area contributed by atoms with E-state index in [1.165, 1.54) is 66.7 Å². The monoisotopic (exact) mass is 651 g/mol. The molecule has 9 aliphatic rings. The molecule has 0 saturated heterocycles. The second-order valence-corrected chi connectivity index (χ2v) is 15.8. The molecule has 0 radical (unpaired) electrons. The van der Waals surface area contributed by atoms with Gasteiger partial charge in [-0.2, -0.15) is 0 Å². The highest BCUT2D eigenvalue weighted by atomic mass is 15.2. The van der Waals surface area contributed by atoms with E-state index < -0.39 is 0 Å². The van der Waals surface area contributed by atoms with Crippen LogP contribution in [0, 0.1) is 17.8 Å². The van der Waals surface area contributed by atoms with E-state index in [0.29, 0.717) is 17.8 Å². The fourth-order valence-corrected chi connectivity index (χ4v) is 11.0. The lowest BCUT2D eigenvalue weighted by Crippen LogP contribution is -2.31. The Balaban J connectivity index is 1.13.